The molecule has 1 aliphatic heterocycles. The Bertz CT molecular complexity index is 946. The molecule has 14 heteroatoms. The molecule has 33 heavy (non-hydrogen) atoms. The van der Waals surface area contributed by atoms with Crippen LogP contribution in [0.2, 0.25) is 0 Å². The SMILES string of the molecule is O=C(NCc1cn(CC(O)CO[C@H]2O[C@H](CO)[C@H](O)[C@H](O)[C@H]2O)nn1)c1ccc(F)c(F)c1. The van der Waals surface area contributed by atoms with E-state index in [1.807, 2.05) is 0 Å². The van der Waals surface area contributed by atoms with Gasteiger partial charge >= 0.3 is 0 Å². The molecular formula is C19H24F2N4O8. The summed E-state index contributed by atoms with van der Waals surface area (Å²) in [6.45, 7) is -1.09. The van der Waals surface area contributed by atoms with Gasteiger partial charge in [-0.2, -0.15) is 0 Å². The average molecular weight is 474 g/mol. The molecule has 1 amide bonds. The molecule has 1 aromatic carbocycles. The number of nitrogens with one attached hydrogen (secondary N) is 1. The molecule has 1 aromatic heterocycles. The molecular weight excluding hydrogens is 450 g/mol. The predicted molar refractivity (Wildman–Crippen MR) is 103 cm³/mol. The van der Waals surface area contributed by atoms with Crippen LogP contribution in [-0.4, -0.2) is 96.5 Å². The Morgan fingerprint density at radius 3 is 2.67 bits per heavy atom. The Labute approximate surface area is 186 Å². The Hall–Kier alpha value is -2.59. The van der Waals surface area contributed by atoms with E-state index in [1.165, 1.54) is 10.9 Å². The highest BCUT2D eigenvalue weighted by Gasteiger charge is 2.44. The van der Waals surface area contributed by atoms with E-state index in [1.54, 1.807) is 0 Å². The Morgan fingerprint density at radius 2 is 1.97 bits per heavy atom. The van der Waals surface area contributed by atoms with E-state index >= 15 is 0 Å². The van der Waals surface area contributed by atoms with E-state index in [4.69, 9.17) is 14.6 Å². The molecule has 3 rings (SSSR count). The van der Waals surface area contributed by atoms with Gasteiger partial charge in [-0.05, 0) is 18.2 Å². The first-order valence-corrected chi connectivity index (χ1v) is 9.92. The third-order valence-corrected chi connectivity index (χ3v) is 4.90. The van der Waals surface area contributed by atoms with Gasteiger partial charge in [-0.15, -0.1) is 5.10 Å². The van der Waals surface area contributed by atoms with Crippen LogP contribution in [-0.2, 0) is 22.6 Å². The van der Waals surface area contributed by atoms with Crippen LogP contribution in [0.1, 0.15) is 16.1 Å². The maximum Gasteiger partial charge on any atom is 0.251 e. The van der Waals surface area contributed by atoms with E-state index < -0.39 is 61.0 Å². The third-order valence-electron chi connectivity index (χ3n) is 4.90. The molecule has 6 N–H and O–H groups in total. The predicted octanol–water partition coefficient (Wildman–Crippen LogP) is -2.34. The topological polar surface area (TPSA) is 179 Å². The average Bonchev–Trinajstić information content (AvgIpc) is 3.24. The minimum Gasteiger partial charge on any atom is -0.394 e. The van der Waals surface area contributed by atoms with E-state index in [9.17, 15) is 34.0 Å². The number of amides is 1. The molecule has 1 saturated heterocycles. The molecule has 1 fully saturated rings. The van der Waals surface area contributed by atoms with Crippen molar-refractivity contribution in [2.75, 3.05) is 13.2 Å². The van der Waals surface area contributed by atoms with Gasteiger partial charge in [0.1, 0.15) is 30.1 Å². The fraction of sp³-hybridized carbons (Fsp3) is 0.526. The summed E-state index contributed by atoms with van der Waals surface area (Å²) in [7, 11) is 0. The number of aliphatic hydroxyl groups is 5. The number of halogens is 2. The zero-order chi connectivity index (χ0) is 24.1. The molecule has 0 bridgehead atoms. The van der Waals surface area contributed by atoms with Gasteiger partial charge in [-0.25, -0.2) is 13.5 Å². The molecule has 0 saturated carbocycles. The number of aromatic nitrogens is 3. The first-order valence-electron chi connectivity index (χ1n) is 9.92. The van der Waals surface area contributed by atoms with E-state index in [0.29, 0.717) is 5.69 Å². The summed E-state index contributed by atoms with van der Waals surface area (Å²) in [4.78, 5) is 12.0. The largest absolute Gasteiger partial charge is 0.394 e. The fourth-order valence-electron chi connectivity index (χ4n) is 3.10. The minimum absolute atomic E-state index is 0.0602. The molecule has 2 aromatic rings. The summed E-state index contributed by atoms with van der Waals surface area (Å²) < 4.78 is 37.9. The van der Waals surface area contributed by atoms with Gasteiger partial charge < -0.3 is 40.3 Å². The second kappa shape index (κ2) is 11.0. The van der Waals surface area contributed by atoms with Crippen molar-refractivity contribution in [1.29, 1.82) is 0 Å². The van der Waals surface area contributed by atoms with Crippen molar-refractivity contribution in [3.05, 3.63) is 47.3 Å². The molecule has 0 spiro atoms. The van der Waals surface area contributed by atoms with Crippen molar-refractivity contribution in [2.45, 2.75) is 49.9 Å². The normalized spacial score (nSPS) is 26.2. The van der Waals surface area contributed by atoms with E-state index in [2.05, 4.69) is 15.6 Å². The maximum absolute atomic E-state index is 13.2. The number of nitrogens with zero attached hydrogens (tertiary/aromatic N) is 3. The quantitative estimate of drug-likeness (QED) is 0.231. The van der Waals surface area contributed by atoms with Crippen LogP contribution in [0.15, 0.2) is 24.4 Å². The van der Waals surface area contributed by atoms with Crippen molar-refractivity contribution in [3.63, 3.8) is 0 Å². The zero-order valence-corrected chi connectivity index (χ0v) is 17.2. The van der Waals surface area contributed by atoms with Gasteiger partial charge in [0.05, 0.1) is 38.6 Å². The van der Waals surface area contributed by atoms with Crippen molar-refractivity contribution in [1.82, 2.24) is 20.3 Å². The van der Waals surface area contributed by atoms with Crippen LogP contribution >= 0.6 is 0 Å². The number of hydrogen-bond acceptors (Lipinski definition) is 10. The van der Waals surface area contributed by atoms with Gasteiger partial charge in [-0.1, -0.05) is 5.21 Å². The Balaban J connectivity index is 1.46. The number of carbonyl (C=O) groups excluding carboxylic acids is 1. The lowest BCUT2D eigenvalue weighted by molar-refractivity contribution is -0.304. The standard InChI is InChI=1S/C19H24F2N4O8/c20-12-2-1-9(3-13(12)21)18(31)22-4-10-5-25(24-23-10)6-11(27)8-32-19-17(30)16(29)15(28)14(7-26)33-19/h1-3,5,11,14-17,19,26-30H,4,6-8H2,(H,22,31)/t11?,14-,15+,16+,17-,19+/m1/s1. The molecule has 182 valence electrons. The van der Waals surface area contributed by atoms with Crippen LogP contribution in [0.4, 0.5) is 8.78 Å². The van der Waals surface area contributed by atoms with Gasteiger partial charge in [0, 0.05) is 5.56 Å². The van der Waals surface area contributed by atoms with E-state index in [-0.39, 0.29) is 25.3 Å². The number of carbonyl (C=O) groups is 1. The van der Waals surface area contributed by atoms with Crippen LogP contribution in [0.3, 0.4) is 0 Å². The van der Waals surface area contributed by atoms with Crippen LogP contribution in [0, 0.1) is 11.6 Å². The van der Waals surface area contributed by atoms with Crippen LogP contribution < -0.4 is 5.32 Å². The summed E-state index contributed by atoms with van der Waals surface area (Å²) in [5.41, 5.74) is 0.259. The van der Waals surface area contributed by atoms with Crippen molar-refractivity contribution < 1.29 is 48.6 Å². The minimum atomic E-state index is -1.60. The summed E-state index contributed by atoms with van der Waals surface area (Å²) in [5.74, 6) is -2.85. The lowest BCUT2D eigenvalue weighted by Crippen LogP contribution is -2.59. The lowest BCUT2D eigenvalue weighted by Gasteiger charge is -2.39. The monoisotopic (exact) mass is 474 g/mol. The Kier molecular flexibility index (Phi) is 8.36. The van der Waals surface area contributed by atoms with Crippen molar-refractivity contribution in [3.8, 4) is 0 Å². The van der Waals surface area contributed by atoms with Crippen LogP contribution in [0.25, 0.3) is 0 Å². The second-order valence-corrected chi connectivity index (χ2v) is 7.43. The summed E-state index contributed by atoms with van der Waals surface area (Å²) in [6, 6.07) is 2.75. The summed E-state index contributed by atoms with van der Waals surface area (Å²) in [5, 5.41) is 58.8. The molecule has 1 aliphatic rings. The molecule has 1 unspecified atom stereocenters. The molecule has 0 aliphatic carbocycles. The van der Waals surface area contributed by atoms with Gasteiger partial charge in [0.15, 0.2) is 17.9 Å². The summed E-state index contributed by atoms with van der Waals surface area (Å²) in [6.07, 6.45) is -6.93. The smallest absolute Gasteiger partial charge is 0.251 e. The Morgan fingerprint density at radius 1 is 1.21 bits per heavy atom. The highest BCUT2D eigenvalue weighted by Crippen LogP contribution is 2.22. The number of aliphatic hydroxyl groups excluding tert-OH is 5. The molecule has 12 nitrogen and oxygen atoms in total. The third kappa shape index (κ3) is 6.26. The highest BCUT2D eigenvalue weighted by molar-refractivity contribution is 5.94. The molecule has 6 atom stereocenters. The van der Waals surface area contributed by atoms with Gasteiger partial charge in [0.2, 0.25) is 0 Å². The molecule has 0 radical (unpaired) electrons. The second-order valence-electron chi connectivity index (χ2n) is 7.43. The number of ether oxygens (including phenoxy) is 2. The number of rotatable bonds is 9. The zero-order valence-electron chi connectivity index (χ0n) is 17.2. The fourth-order valence-corrected chi connectivity index (χ4v) is 3.10. The lowest BCUT2D eigenvalue weighted by atomic mass is 9.99. The summed E-state index contributed by atoms with van der Waals surface area (Å²) >= 11 is 0. The van der Waals surface area contributed by atoms with Crippen molar-refractivity contribution >= 4 is 5.91 Å². The first-order chi connectivity index (χ1) is 15.7. The van der Waals surface area contributed by atoms with Crippen molar-refractivity contribution in [2.24, 2.45) is 0 Å². The highest BCUT2D eigenvalue weighted by atomic mass is 19.2. The van der Waals surface area contributed by atoms with E-state index in [0.717, 1.165) is 18.2 Å². The maximum atomic E-state index is 13.2. The van der Waals surface area contributed by atoms with Crippen LogP contribution in [0.5, 0.6) is 0 Å². The number of benzene rings is 1. The molecule has 2 heterocycles. The van der Waals surface area contributed by atoms with Gasteiger partial charge in [0.25, 0.3) is 5.91 Å². The first kappa shape index (κ1) is 25.0. The van der Waals surface area contributed by atoms with Gasteiger partial charge in [-0.3, -0.25) is 4.79 Å². The number of hydrogen-bond donors (Lipinski definition) is 6.